The van der Waals surface area contributed by atoms with Crippen molar-refractivity contribution in [1.29, 1.82) is 0 Å². The summed E-state index contributed by atoms with van der Waals surface area (Å²) in [4.78, 5) is 0. The van der Waals surface area contributed by atoms with Gasteiger partial charge < -0.3 is 5.11 Å². The molecule has 0 heterocycles. The molecule has 0 aliphatic heterocycles. The Morgan fingerprint density at radius 3 is 2.55 bits per heavy atom. The van der Waals surface area contributed by atoms with Crippen LogP contribution in [-0.2, 0) is 0 Å². The highest BCUT2D eigenvalue weighted by molar-refractivity contribution is 5.07. The first kappa shape index (κ1) is 13.6. The molecule has 7 atom stereocenters. The van der Waals surface area contributed by atoms with E-state index in [9.17, 15) is 5.11 Å². The maximum atomic E-state index is 10.0. The molecule has 0 aromatic rings. The topological polar surface area (TPSA) is 20.2 Å². The molecule has 4 unspecified atom stereocenters. The summed E-state index contributed by atoms with van der Waals surface area (Å²) in [7, 11) is 0. The SMILES string of the molecule is C[C@@]12CCCC1C1CCC3C[C@H](O)CC[C@]3(C)C1CC2. The lowest BCUT2D eigenvalue weighted by Gasteiger charge is -2.60. The molecule has 4 saturated carbocycles. The van der Waals surface area contributed by atoms with E-state index in [1.807, 2.05) is 0 Å². The molecule has 4 aliphatic carbocycles. The van der Waals surface area contributed by atoms with E-state index in [4.69, 9.17) is 0 Å². The average Bonchev–Trinajstić information content (AvgIpc) is 2.81. The van der Waals surface area contributed by atoms with Gasteiger partial charge in [0.1, 0.15) is 0 Å². The summed E-state index contributed by atoms with van der Waals surface area (Å²) < 4.78 is 0. The minimum atomic E-state index is 0.00459. The van der Waals surface area contributed by atoms with Gasteiger partial charge in [-0.15, -0.1) is 0 Å². The lowest BCUT2D eigenvalue weighted by molar-refractivity contribution is -0.120. The predicted molar refractivity (Wildman–Crippen MR) is 82.4 cm³/mol. The zero-order valence-electron chi connectivity index (χ0n) is 13.4. The van der Waals surface area contributed by atoms with E-state index in [0.717, 1.165) is 36.5 Å². The number of hydrogen-bond donors (Lipinski definition) is 1. The quantitative estimate of drug-likeness (QED) is 0.675. The molecule has 0 amide bonds. The Morgan fingerprint density at radius 1 is 0.850 bits per heavy atom. The van der Waals surface area contributed by atoms with Gasteiger partial charge in [-0.3, -0.25) is 0 Å². The van der Waals surface area contributed by atoms with Crippen molar-refractivity contribution in [2.75, 3.05) is 0 Å². The smallest absolute Gasteiger partial charge is 0.0543 e. The normalized spacial score (nSPS) is 58.6. The zero-order valence-corrected chi connectivity index (χ0v) is 13.4. The van der Waals surface area contributed by atoms with Crippen LogP contribution in [0, 0.1) is 34.5 Å². The summed E-state index contributed by atoms with van der Waals surface area (Å²) in [5.41, 5.74) is 1.25. The van der Waals surface area contributed by atoms with Crippen molar-refractivity contribution in [3.05, 3.63) is 0 Å². The van der Waals surface area contributed by atoms with E-state index in [-0.39, 0.29) is 6.10 Å². The number of rotatable bonds is 0. The van der Waals surface area contributed by atoms with Gasteiger partial charge in [0.25, 0.3) is 0 Å². The molecule has 4 fully saturated rings. The van der Waals surface area contributed by atoms with E-state index in [1.165, 1.54) is 51.4 Å². The second kappa shape index (κ2) is 4.48. The van der Waals surface area contributed by atoms with E-state index in [1.54, 1.807) is 0 Å². The van der Waals surface area contributed by atoms with Crippen LogP contribution < -0.4 is 0 Å². The van der Waals surface area contributed by atoms with Crippen molar-refractivity contribution >= 4 is 0 Å². The van der Waals surface area contributed by atoms with Gasteiger partial charge in [-0.05, 0) is 92.3 Å². The standard InChI is InChI=1S/C19H32O/c1-18-9-3-4-16(18)15-6-5-13-12-14(20)7-11-19(13,2)17(15)8-10-18/h13-17,20H,3-12H2,1-2H3/t13?,14-,15?,16?,17?,18+,19+/m1/s1. The van der Waals surface area contributed by atoms with Crippen LogP contribution in [0.15, 0.2) is 0 Å². The minimum absolute atomic E-state index is 0.00459. The Hall–Kier alpha value is -0.0400. The summed E-state index contributed by atoms with van der Waals surface area (Å²) in [5.74, 6) is 3.85. The molecule has 1 heteroatoms. The first-order valence-corrected chi connectivity index (χ1v) is 9.21. The van der Waals surface area contributed by atoms with Crippen LogP contribution in [0.25, 0.3) is 0 Å². The Balaban J connectivity index is 1.62. The van der Waals surface area contributed by atoms with Gasteiger partial charge in [-0.1, -0.05) is 20.3 Å². The van der Waals surface area contributed by atoms with E-state index in [0.29, 0.717) is 10.8 Å². The van der Waals surface area contributed by atoms with Gasteiger partial charge in [0, 0.05) is 0 Å². The van der Waals surface area contributed by atoms with Gasteiger partial charge in [-0.2, -0.15) is 0 Å². The number of aliphatic hydroxyl groups excluding tert-OH is 1. The monoisotopic (exact) mass is 276 g/mol. The fourth-order valence-electron chi connectivity index (χ4n) is 7.23. The van der Waals surface area contributed by atoms with Crippen molar-refractivity contribution < 1.29 is 5.11 Å². The third kappa shape index (κ3) is 1.77. The van der Waals surface area contributed by atoms with Gasteiger partial charge in [0.15, 0.2) is 0 Å². The fourth-order valence-corrected chi connectivity index (χ4v) is 7.23. The molecular formula is C19H32O. The van der Waals surface area contributed by atoms with Crippen molar-refractivity contribution in [1.82, 2.24) is 0 Å². The molecule has 1 nitrogen and oxygen atoms in total. The Labute approximate surface area is 124 Å². The van der Waals surface area contributed by atoms with Gasteiger partial charge in [0.05, 0.1) is 6.10 Å². The maximum absolute atomic E-state index is 10.0. The zero-order chi connectivity index (χ0) is 14.0. The van der Waals surface area contributed by atoms with Crippen LogP contribution in [0.2, 0.25) is 0 Å². The van der Waals surface area contributed by atoms with E-state index < -0.39 is 0 Å². The first-order valence-electron chi connectivity index (χ1n) is 9.21. The minimum Gasteiger partial charge on any atom is -0.393 e. The third-order valence-electron chi connectivity index (χ3n) is 8.42. The van der Waals surface area contributed by atoms with Crippen molar-refractivity contribution in [3.8, 4) is 0 Å². The molecule has 1 N–H and O–H groups in total. The van der Waals surface area contributed by atoms with Crippen LogP contribution in [0.5, 0.6) is 0 Å². The van der Waals surface area contributed by atoms with Crippen LogP contribution >= 0.6 is 0 Å². The molecule has 0 bridgehead atoms. The third-order valence-corrected chi connectivity index (χ3v) is 8.42. The molecule has 20 heavy (non-hydrogen) atoms. The van der Waals surface area contributed by atoms with Crippen LogP contribution in [0.3, 0.4) is 0 Å². The van der Waals surface area contributed by atoms with E-state index in [2.05, 4.69) is 13.8 Å². The van der Waals surface area contributed by atoms with Crippen molar-refractivity contribution in [2.45, 2.75) is 84.2 Å². The van der Waals surface area contributed by atoms with Gasteiger partial charge in [0.2, 0.25) is 0 Å². The van der Waals surface area contributed by atoms with E-state index >= 15 is 0 Å². The van der Waals surface area contributed by atoms with Gasteiger partial charge >= 0.3 is 0 Å². The summed E-state index contributed by atoms with van der Waals surface area (Å²) >= 11 is 0. The molecule has 0 aromatic heterocycles. The first-order chi connectivity index (χ1) is 9.53. The summed E-state index contributed by atoms with van der Waals surface area (Å²) in [5, 5.41) is 10.0. The van der Waals surface area contributed by atoms with Crippen LogP contribution in [0.4, 0.5) is 0 Å². The number of aliphatic hydroxyl groups is 1. The van der Waals surface area contributed by atoms with Crippen molar-refractivity contribution in [3.63, 3.8) is 0 Å². The lowest BCUT2D eigenvalue weighted by atomic mass is 9.45. The molecule has 0 saturated heterocycles. The number of fused-ring (bicyclic) bond motifs is 5. The summed E-state index contributed by atoms with van der Waals surface area (Å²) in [6.45, 7) is 5.19. The molecule has 0 radical (unpaired) electrons. The Morgan fingerprint density at radius 2 is 1.70 bits per heavy atom. The molecule has 114 valence electrons. The Bertz CT molecular complexity index is 391. The highest BCUT2D eigenvalue weighted by Gasteiger charge is 2.57. The van der Waals surface area contributed by atoms with Gasteiger partial charge in [-0.25, -0.2) is 0 Å². The molecule has 4 rings (SSSR count). The highest BCUT2D eigenvalue weighted by Crippen LogP contribution is 2.66. The second-order valence-corrected chi connectivity index (χ2v) is 9.17. The summed E-state index contributed by atoms with van der Waals surface area (Å²) in [6, 6.07) is 0. The summed E-state index contributed by atoms with van der Waals surface area (Å²) in [6.07, 6.45) is 13.8. The highest BCUT2D eigenvalue weighted by atomic mass is 16.3. The lowest BCUT2D eigenvalue weighted by Crippen LogP contribution is -2.53. The van der Waals surface area contributed by atoms with Crippen LogP contribution in [0.1, 0.15) is 78.1 Å². The average molecular weight is 276 g/mol. The fraction of sp³-hybridized carbons (Fsp3) is 1.00. The molecule has 0 aromatic carbocycles. The maximum Gasteiger partial charge on any atom is 0.0543 e. The van der Waals surface area contributed by atoms with Crippen LogP contribution in [-0.4, -0.2) is 11.2 Å². The Kier molecular flexibility index (Phi) is 3.05. The largest absolute Gasteiger partial charge is 0.393 e. The number of hydrogen-bond acceptors (Lipinski definition) is 1. The molecule has 4 aliphatic rings. The predicted octanol–water partition coefficient (Wildman–Crippen LogP) is 4.78. The van der Waals surface area contributed by atoms with Crippen molar-refractivity contribution in [2.24, 2.45) is 34.5 Å². The second-order valence-electron chi connectivity index (χ2n) is 9.17. The molecular weight excluding hydrogens is 244 g/mol. The molecule has 0 spiro atoms.